The van der Waals surface area contributed by atoms with Crippen molar-refractivity contribution in [3.8, 4) is 11.4 Å². The van der Waals surface area contributed by atoms with Gasteiger partial charge in [-0.25, -0.2) is 14.8 Å². The molecule has 1 saturated heterocycles. The van der Waals surface area contributed by atoms with Crippen molar-refractivity contribution in [3.63, 3.8) is 0 Å². The van der Waals surface area contributed by atoms with E-state index in [2.05, 4.69) is 9.97 Å². The summed E-state index contributed by atoms with van der Waals surface area (Å²) in [4.78, 5) is 38.7. The second-order valence-corrected chi connectivity index (χ2v) is 6.81. The van der Waals surface area contributed by atoms with E-state index in [9.17, 15) is 9.59 Å². The Hall–Kier alpha value is -3.00. The maximum absolute atomic E-state index is 12.9. The van der Waals surface area contributed by atoms with Gasteiger partial charge in [0.1, 0.15) is 5.69 Å². The van der Waals surface area contributed by atoms with E-state index >= 15 is 0 Å². The Balaban J connectivity index is 1.70. The Morgan fingerprint density at radius 2 is 1.96 bits per heavy atom. The van der Waals surface area contributed by atoms with Crippen LogP contribution in [0.25, 0.3) is 11.4 Å². The number of carbonyl (C=O) groups is 2. The predicted octanol–water partition coefficient (Wildman–Crippen LogP) is 1.60. The highest BCUT2D eigenvalue weighted by atomic mass is 16.2. The van der Waals surface area contributed by atoms with Crippen molar-refractivity contribution in [3.05, 3.63) is 36.0 Å². The van der Waals surface area contributed by atoms with E-state index in [0.717, 1.165) is 30.3 Å². The number of carbonyl (C=O) groups excluding carboxylic acids is 2. The van der Waals surface area contributed by atoms with Crippen LogP contribution in [0, 0.1) is 0 Å². The largest absolute Gasteiger partial charge is 0.331 e. The molecule has 8 heteroatoms. The number of hydrogen-bond donors (Lipinski definition) is 1. The minimum absolute atomic E-state index is 0.168. The number of rotatable bonds is 3. The maximum atomic E-state index is 12.9. The fraction of sp³-hybridized carbons (Fsp3) is 0.368. The SMILES string of the molecule is CN1c2nc(-c3ccc(CN)cc3)ncc2N(C(=O)N2CCCC2)C1C=O. The molecule has 2 aliphatic heterocycles. The molecule has 2 N–H and O–H groups in total. The van der Waals surface area contributed by atoms with Crippen molar-refractivity contribution < 1.29 is 9.59 Å². The third-order valence-electron chi connectivity index (χ3n) is 5.16. The number of anilines is 2. The Morgan fingerprint density at radius 1 is 1.26 bits per heavy atom. The van der Waals surface area contributed by atoms with Gasteiger partial charge in [0.05, 0.1) is 6.20 Å². The Morgan fingerprint density at radius 3 is 2.59 bits per heavy atom. The molecule has 0 saturated carbocycles. The molecule has 27 heavy (non-hydrogen) atoms. The number of likely N-dealkylation sites (tertiary alicyclic amines) is 1. The fourth-order valence-corrected chi connectivity index (χ4v) is 3.60. The number of nitrogens with two attached hydrogens (primary N) is 1. The van der Waals surface area contributed by atoms with Gasteiger partial charge in [-0.05, 0) is 18.4 Å². The Bertz CT molecular complexity index is 863. The molecular weight excluding hydrogens is 344 g/mol. The van der Waals surface area contributed by atoms with Crippen LogP contribution in [0.5, 0.6) is 0 Å². The molecule has 1 atom stereocenters. The molecule has 2 aliphatic rings. The third kappa shape index (κ3) is 2.91. The number of hydrogen-bond acceptors (Lipinski definition) is 6. The summed E-state index contributed by atoms with van der Waals surface area (Å²) in [7, 11) is 1.77. The smallest absolute Gasteiger partial charge is 0.326 e. The lowest BCUT2D eigenvalue weighted by molar-refractivity contribution is -0.108. The van der Waals surface area contributed by atoms with Crippen LogP contribution in [0.15, 0.2) is 30.5 Å². The fourth-order valence-electron chi connectivity index (χ4n) is 3.60. The van der Waals surface area contributed by atoms with Gasteiger partial charge in [0.25, 0.3) is 0 Å². The highest BCUT2D eigenvalue weighted by molar-refractivity contribution is 6.03. The van der Waals surface area contributed by atoms with Gasteiger partial charge in [0.15, 0.2) is 24.1 Å². The van der Waals surface area contributed by atoms with Crippen molar-refractivity contribution >= 4 is 23.8 Å². The molecular formula is C19H22N6O2. The lowest BCUT2D eigenvalue weighted by Crippen LogP contribution is -2.50. The summed E-state index contributed by atoms with van der Waals surface area (Å²) < 4.78 is 0. The second kappa shape index (κ2) is 6.96. The highest BCUT2D eigenvalue weighted by Crippen LogP contribution is 2.38. The number of likely N-dealkylation sites (N-methyl/N-ethyl adjacent to an activating group) is 1. The van der Waals surface area contributed by atoms with Gasteiger partial charge >= 0.3 is 6.03 Å². The van der Waals surface area contributed by atoms with Crippen molar-refractivity contribution in [2.24, 2.45) is 5.73 Å². The summed E-state index contributed by atoms with van der Waals surface area (Å²) in [5, 5.41) is 0. The Labute approximate surface area is 157 Å². The van der Waals surface area contributed by atoms with Crippen molar-refractivity contribution in [1.82, 2.24) is 14.9 Å². The number of fused-ring (bicyclic) bond motifs is 1. The summed E-state index contributed by atoms with van der Waals surface area (Å²) in [5.41, 5.74) is 8.09. The van der Waals surface area contributed by atoms with Gasteiger partial charge in [0.2, 0.25) is 0 Å². The molecule has 0 aliphatic carbocycles. The van der Waals surface area contributed by atoms with Crippen LogP contribution in [0.1, 0.15) is 18.4 Å². The monoisotopic (exact) mass is 366 g/mol. The molecule has 1 aromatic carbocycles. The van der Waals surface area contributed by atoms with E-state index in [1.54, 1.807) is 23.0 Å². The van der Waals surface area contributed by atoms with Gasteiger partial charge in [0, 0.05) is 32.2 Å². The van der Waals surface area contributed by atoms with Gasteiger partial charge < -0.3 is 15.5 Å². The van der Waals surface area contributed by atoms with Gasteiger partial charge in [-0.1, -0.05) is 24.3 Å². The van der Waals surface area contributed by atoms with E-state index in [1.165, 1.54) is 4.90 Å². The normalized spacial score (nSPS) is 18.7. The standard InChI is InChI=1S/C19H22N6O2/c1-23-16(12-26)25(19(27)24-8-2-3-9-24)15-11-21-17(22-18(15)23)14-6-4-13(10-20)5-7-14/h4-7,11-12,16H,2-3,8-10,20H2,1H3. The number of benzene rings is 1. The van der Waals surface area contributed by atoms with Crippen LogP contribution in [0.2, 0.25) is 0 Å². The molecule has 2 aromatic rings. The summed E-state index contributed by atoms with van der Waals surface area (Å²) in [6.45, 7) is 1.90. The zero-order valence-electron chi connectivity index (χ0n) is 15.2. The first-order chi connectivity index (χ1) is 13.1. The zero-order valence-corrected chi connectivity index (χ0v) is 15.2. The first-order valence-electron chi connectivity index (χ1n) is 9.06. The Kier molecular flexibility index (Phi) is 4.49. The number of urea groups is 1. The molecule has 0 radical (unpaired) electrons. The molecule has 8 nitrogen and oxygen atoms in total. The molecule has 140 valence electrons. The average Bonchev–Trinajstić information content (AvgIpc) is 3.34. The molecule has 4 rings (SSSR count). The first-order valence-corrected chi connectivity index (χ1v) is 9.06. The van der Waals surface area contributed by atoms with Crippen LogP contribution in [0.4, 0.5) is 16.3 Å². The lowest BCUT2D eigenvalue weighted by Gasteiger charge is -2.28. The maximum Gasteiger partial charge on any atom is 0.326 e. The molecule has 2 amide bonds. The molecule has 3 heterocycles. The van der Waals surface area contributed by atoms with Crippen molar-refractivity contribution in [1.29, 1.82) is 0 Å². The number of amides is 2. The van der Waals surface area contributed by atoms with E-state index in [-0.39, 0.29) is 6.03 Å². The van der Waals surface area contributed by atoms with Gasteiger partial charge in [-0.15, -0.1) is 0 Å². The number of nitrogens with zero attached hydrogens (tertiary/aromatic N) is 5. The molecule has 1 unspecified atom stereocenters. The summed E-state index contributed by atoms with van der Waals surface area (Å²) in [6, 6.07) is 7.55. The quantitative estimate of drug-likeness (QED) is 0.829. The number of aldehydes is 1. The van der Waals surface area contributed by atoms with Gasteiger partial charge in [-0.2, -0.15) is 0 Å². The van der Waals surface area contributed by atoms with E-state index < -0.39 is 6.17 Å². The average molecular weight is 366 g/mol. The summed E-state index contributed by atoms with van der Waals surface area (Å²) in [6.07, 6.45) is 3.66. The molecule has 1 aromatic heterocycles. The summed E-state index contributed by atoms with van der Waals surface area (Å²) >= 11 is 0. The minimum atomic E-state index is -0.711. The highest BCUT2D eigenvalue weighted by Gasteiger charge is 2.41. The minimum Gasteiger partial charge on any atom is -0.331 e. The molecule has 0 spiro atoms. The van der Waals surface area contributed by atoms with E-state index in [4.69, 9.17) is 5.73 Å². The summed E-state index contributed by atoms with van der Waals surface area (Å²) in [5.74, 6) is 1.12. The zero-order chi connectivity index (χ0) is 19.0. The van der Waals surface area contributed by atoms with Gasteiger partial charge in [-0.3, -0.25) is 9.69 Å². The predicted molar refractivity (Wildman–Crippen MR) is 102 cm³/mol. The number of aromatic nitrogens is 2. The first kappa shape index (κ1) is 17.4. The van der Waals surface area contributed by atoms with Crippen molar-refractivity contribution in [2.75, 3.05) is 29.9 Å². The topological polar surface area (TPSA) is 95.7 Å². The van der Waals surface area contributed by atoms with Crippen LogP contribution in [-0.2, 0) is 11.3 Å². The van der Waals surface area contributed by atoms with E-state index in [0.29, 0.717) is 37.0 Å². The third-order valence-corrected chi connectivity index (χ3v) is 5.16. The second-order valence-electron chi connectivity index (χ2n) is 6.81. The lowest BCUT2D eigenvalue weighted by atomic mass is 10.1. The van der Waals surface area contributed by atoms with Crippen LogP contribution in [0.3, 0.4) is 0 Å². The van der Waals surface area contributed by atoms with Crippen LogP contribution < -0.4 is 15.5 Å². The van der Waals surface area contributed by atoms with Crippen LogP contribution in [-0.4, -0.2) is 53.5 Å². The van der Waals surface area contributed by atoms with Crippen molar-refractivity contribution in [2.45, 2.75) is 25.6 Å². The van der Waals surface area contributed by atoms with E-state index in [1.807, 2.05) is 24.3 Å². The molecule has 1 fully saturated rings. The van der Waals surface area contributed by atoms with Crippen LogP contribution >= 0.6 is 0 Å². The molecule has 0 bridgehead atoms.